The predicted molar refractivity (Wildman–Crippen MR) is 189 cm³/mol. The van der Waals surface area contributed by atoms with Crippen LogP contribution in [0, 0.1) is 0 Å². The molecule has 0 saturated heterocycles. The van der Waals surface area contributed by atoms with Crippen molar-refractivity contribution in [2.45, 2.75) is 63.7 Å². The van der Waals surface area contributed by atoms with Gasteiger partial charge in [0.15, 0.2) is 0 Å². The zero-order valence-corrected chi connectivity index (χ0v) is 30.2. The monoisotopic (exact) mass is 794 g/mol. The van der Waals surface area contributed by atoms with Crippen LogP contribution in [-0.2, 0) is 19.1 Å². The van der Waals surface area contributed by atoms with Crippen LogP contribution < -0.4 is 18.9 Å². The Balaban J connectivity index is 1.28. The Morgan fingerprint density at radius 2 is 0.714 bits per heavy atom. The van der Waals surface area contributed by atoms with E-state index < -0.39 is 47.4 Å². The predicted octanol–water partition coefficient (Wildman–Crippen LogP) is 9.33. The standard InChI is InChI=1S/C40H40F6O10/c1-27(39(41,42)43)35(47)53-25-9-5-3-7-23-51-31-15-11-29(12-16-31)37(49)55-33-19-21-34(22-20-33)56-38(50)30-13-17-32(18-14-30)52-24-8-4-6-10-26-54-36(48)28(2)40(44,45)46/h11-22H,1-10,23-26H2. The first-order valence-electron chi connectivity index (χ1n) is 17.4. The minimum Gasteiger partial charge on any atom is -0.494 e. The van der Waals surface area contributed by atoms with Crippen LogP contribution in [0.4, 0.5) is 26.3 Å². The molecule has 0 bridgehead atoms. The van der Waals surface area contributed by atoms with E-state index in [-0.39, 0.29) is 35.8 Å². The number of carbonyl (C=O) groups excluding carboxylic acids is 4. The topological polar surface area (TPSA) is 124 Å². The lowest BCUT2D eigenvalue weighted by Gasteiger charge is -2.10. The molecule has 0 aliphatic carbocycles. The normalized spacial score (nSPS) is 11.2. The zero-order chi connectivity index (χ0) is 41.1. The summed E-state index contributed by atoms with van der Waals surface area (Å²) >= 11 is 0. The molecule has 0 radical (unpaired) electrons. The zero-order valence-electron chi connectivity index (χ0n) is 30.2. The first-order chi connectivity index (χ1) is 26.5. The largest absolute Gasteiger partial charge is 0.494 e. The second-order valence-electron chi connectivity index (χ2n) is 12.0. The van der Waals surface area contributed by atoms with Gasteiger partial charge < -0.3 is 28.4 Å². The van der Waals surface area contributed by atoms with Crippen molar-refractivity contribution in [3.8, 4) is 23.0 Å². The maximum atomic E-state index is 12.6. The van der Waals surface area contributed by atoms with Gasteiger partial charge in [-0.15, -0.1) is 0 Å². The lowest BCUT2D eigenvalue weighted by molar-refractivity contribution is -0.152. The highest BCUT2D eigenvalue weighted by molar-refractivity contribution is 5.92. The molecule has 302 valence electrons. The van der Waals surface area contributed by atoms with E-state index in [2.05, 4.69) is 22.6 Å². The van der Waals surface area contributed by atoms with Crippen molar-refractivity contribution in [2.24, 2.45) is 0 Å². The van der Waals surface area contributed by atoms with Crippen molar-refractivity contribution in [1.82, 2.24) is 0 Å². The van der Waals surface area contributed by atoms with Gasteiger partial charge in [-0.1, -0.05) is 13.2 Å². The molecule has 0 N–H and O–H groups in total. The summed E-state index contributed by atoms with van der Waals surface area (Å²) in [6, 6.07) is 18.4. The van der Waals surface area contributed by atoms with E-state index in [9.17, 15) is 45.5 Å². The van der Waals surface area contributed by atoms with Crippen LogP contribution in [0.1, 0.15) is 72.1 Å². The SMILES string of the molecule is C=C(C(=O)OCCCCCCOc1ccc(C(=O)Oc2ccc(OC(=O)c3ccc(OCCCCCCOC(=O)C(=C)C(F)(F)F)cc3)cc2)cc1)C(F)(F)F. The summed E-state index contributed by atoms with van der Waals surface area (Å²) in [6.45, 7) is 5.82. The molecular weight excluding hydrogens is 754 g/mol. The fourth-order valence-corrected chi connectivity index (χ4v) is 4.51. The van der Waals surface area contributed by atoms with E-state index >= 15 is 0 Å². The number of benzene rings is 3. The lowest BCUT2D eigenvalue weighted by Crippen LogP contribution is -2.21. The molecule has 16 heteroatoms. The second-order valence-corrected chi connectivity index (χ2v) is 12.0. The van der Waals surface area contributed by atoms with Gasteiger partial charge in [-0.3, -0.25) is 0 Å². The van der Waals surface area contributed by atoms with E-state index in [1.807, 2.05) is 0 Å². The van der Waals surface area contributed by atoms with Crippen molar-refractivity contribution < 1.29 is 73.9 Å². The fraction of sp³-hybridized carbons (Fsp3) is 0.350. The molecule has 0 unspecified atom stereocenters. The highest BCUT2D eigenvalue weighted by atomic mass is 19.4. The minimum absolute atomic E-state index is 0.140. The number of halogens is 6. The Bertz CT molecular complexity index is 1640. The number of hydrogen-bond donors (Lipinski definition) is 0. The van der Waals surface area contributed by atoms with Crippen LogP contribution in [0.2, 0.25) is 0 Å². The second kappa shape index (κ2) is 21.9. The maximum absolute atomic E-state index is 12.6. The number of carbonyl (C=O) groups is 4. The van der Waals surface area contributed by atoms with E-state index in [1.165, 1.54) is 48.5 Å². The van der Waals surface area contributed by atoms with E-state index in [0.717, 1.165) is 0 Å². The minimum atomic E-state index is -4.82. The molecule has 3 aromatic carbocycles. The Morgan fingerprint density at radius 3 is 1.02 bits per heavy atom. The number of rotatable bonds is 22. The molecule has 3 rings (SSSR count). The van der Waals surface area contributed by atoms with Gasteiger partial charge in [0.2, 0.25) is 0 Å². The van der Waals surface area contributed by atoms with Gasteiger partial charge >= 0.3 is 36.2 Å². The van der Waals surface area contributed by atoms with Crippen LogP contribution in [0.5, 0.6) is 23.0 Å². The summed E-state index contributed by atoms with van der Waals surface area (Å²) < 4.78 is 106. The molecule has 56 heavy (non-hydrogen) atoms. The van der Waals surface area contributed by atoms with E-state index in [0.29, 0.717) is 76.1 Å². The van der Waals surface area contributed by atoms with Crippen LogP contribution >= 0.6 is 0 Å². The average molecular weight is 795 g/mol. The van der Waals surface area contributed by atoms with E-state index in [4.69, 9.17) is 18.9 Å². The van der Waals surface area contributed by atoms with Crippen LogP contribution in [0.15, 0.2) is 97.1 Å². The van der Waals surface area contributed by atoms with Crippen LogP contribution in [0.25, 0.3) is 0 Å². The third-order valence-corrected chi connectivity index (χ3v) is 7.68. The summed E-state index contributed by atoms with van der Waals surface area (Å²) in [5.41, 5.74) is -2.54. The van der Waals surface area contributed by atoms with Crippen LogP contribution in [0.3, 0.4) is 0 Å². The van der Waals surface area contributed by atoms with Gasteiger partial charge in [0, 0.05) is 0 Å². The molecule has 0 aliphatic heterocycles. The molecule has 0 heterocycles. The van der Waals surface area contributed by atoms with Gasteiger partial charge in [-0.25, -0.2) is 19.2 Å². The maximum Gasteiger partial charge on any atom is 0.422 e. The van der Waals surface area contributed by atoms with Gasteiger partial charge in [-0.2, -0.15) is 26.3 Å². The summed E-state index contributed by atoms with van der Waals surface area (Å²) in [7, 11) is 0. The highest BCUT2D eigenvalue weighted by Crippen LogP contribution is 2.26. The summed E-state index contributed by atoms with van der Waals surface area (Å²) in [5, 5.41) is 0. The molecule has 0 aliphatic rings. The molecule has 10 nitrogen and oxygen atoms in total. The average Bonchev–Trinajstić information content (AvgIpc) is 3.16. The Kier molecular flexibility index (Phi) is 17.5. The van der Waals surface area contributed by atoms with Crippen molar-refractivity contribution in [3.05, 3.63) is 108 Å². The molecule has 0 fully saturated rings. The van der Waals surface area contributed by atoms with Gasteiger partial charge in [0.25, 0.3) is 0 Å². The summed E-state index contributed by atoms with van der Waals surface area (Å²) in [4.78, 5) is 47.8. The molecule has 3 aromatic rings. The first kappa shape index (κ1) is 44.6. The first-order valence-corrected chi connectivity index (χ1v) is 17.4. The number of alkyl halides is 6. The molecule has 0 aromatic heterocycles. The Hall–Kier alpha value is -5.80. The summed E-state index contributed by atoms with van der Waals surface area (Å²) in [6.07, 6.45) is -4.91. The fourth-order valence-electron chi connectivity index (χ4n) is 4.51. The van der Waals surface area contributed by atoms with Crippen molar-refractivity contribution >= 4 is 23.9 Å². The summed E-state index contributed by atoms with van der Waals surface area (Å²) in [5.74, 6) is -2.74. The van der Waals surface area contributed by atoms with Gasteiger partial charge in [0.05, 0.1) is 37.6 Å². The van der Waals surface area contributed by atoms with Crippen LogP contribution in [-0.4, -0.2) is 62.7 Å². The Morgan fingerprint density at radius 1 is 0.429 bits per heavy atom. The smallest absolute Gasteiger partial charge is 0.422 e. The molecule has 0 saturated carbocycles. The quantitative estimate of drug-likeness (QED) is 0.0320. The number of ether oxygens (including phenoxy) is 6. The third-order valence-electron chi connectivity index (χ3n) is 7.68. The van der Waals surface area contributed by atoms with Gasteiger partial charge in [-0.05, 0) is 124 Å². The van der Waals surface area contributed by atoms with E-state index in [1.54, 1.807) is 24.3 Å². The third kappa shape index (κ3) is 15.9. The van der Waals surface area contributed by atoms with Crippen molar-refractivity contribution in [1.29, 1.82) is 0 Å². The Labute approximate surface area is 319 Å². The van der Waals surface area contributed by atoms with Gasteiger partial charge in [0.1, 0.15) is 34.1 Å². The molecular formula is C40H40F6O10. The molecule has 0 spiro atoms. The number of esters is 4. The number of hydrogen-bond acceptors (Lipinski definition) is 10. The molecule has 0 atom stereocenters. The lowest BCUT2D eigenvalue weighted by atomic mass is 10.2. The highest BCUT2D eigenvalue weighted by Gasteiger charge is 2.38. The van der Waals surface area contributed by atoms with Crippen molar-refractivity contribution in [2.75, 3.05) is 26.4 Å². The number of unbranched alkanes of at least 4 members (excludes halogenated alkanes) is 6. The van der Waals surface area contributed by atoms with Crippen molar-refractivity contribution in [3.63, 3.8) is 0 Å². The molecule has 0 amide bonds.